The first kappa shape index (κ1) is 29.4. The smallest absolute Gasteiger partial charge is 0.0551 e. The van der Waals surface area contributed by atoms with E-state index in [1.165, 1.54) is 0 Å². The maximum Gasteiger partial charge on any atom is 0.0551 e. The van der Waals surface area contributed by atoms with Gasteiger partial charge in [0.15, 0.2) is 0 Å². The summed E-state index contributed by atoms with van der Waals surface area (Å²) in [5.74, 6) is 0. The highest BCUT2D eigenvalue weighted by Gasteiger charge is 2.15. The molecule has 100 valence electrons. The lowest BCUT2D eigenvalue weighted by Crippen LogP contribution is -2.36. The van der Waals surface area contributed by atoms with Crippen LogP contribution in [0.2, 0.25) is 0 Å². The Hall–Kier alpha value is 0.1000. The lowest BCUT2D eigenvalue weighted by atomic mass is 10.9. The molecule has 0 atom stereocenters. The molecule has 0 radical (unpaired) electrons. The van der Waals surface area contributed by atoms with E-state index < -0.39 is 27.2 Å². The van der Waals surface area contributed by atoms with Gasteiger partial charge in [0, 0.05) is 5.40 Å². The Morgan fingerprint density at radius 3 is 1.07 bits per heavy atom. The van der Waals surface area contributed by atoms with Gasteiger partial charge in [0.2, 0.25) is 0 Å². The summed E-state index contributed by atoms with van der Waals surface area (Å²) in [7, 11) is -11.1. The second-order valence-electron chi connectivity index (χ2n) is 1.74. The van der Waals surface area contributed by atoms with Crippen LogP contribution in [0.15, 0.2) is 0 Å². The third-order valence-corrected chi connectivity index (χ3v) is 4.38. The summed E-state index contributed by atoms with van der Waals surface area (Å²) in [6.45, 7) is -1.49. The molecule has 0 aromatic carbocycles. The fourth-order valence-electron chi connectivity index (χ4n) is 0.373. The molecule has 0 rings (SSSR count). The van der Waals surface area contributed by atoms with Crippen molar-refractivity contribution in [3.8, 4) is 0 Å². The monoisotopic (exact) mass is 274 g/mol. The number of quaternary nitrogens is 4. The van der Waals surface area contributed by atoms with Gasteiger partial charge in [0.05, 0.1) is 6.61 Å². The van der Waals surface area contributed by atoms with Gasteiger partial charge in [-0.2, -0.15) is 0 Å². The van der Waals surface area contributed by atoms with Crippen LogP contribution in [0.1, 0.15) is 0 Å². The fraction of sp³-hybridized carbons (Fsp3) is 1.00. The van der Waals surface area contributed by atoms with Gasteiger partial charge in [0.1, 0.15) is 0 Å². The van der Waals surface area contributed by atoms with E-state index in [0.29, 0.717) is 0 Å². The molecule has 0 aliphatic heterocycles. The molecule has 15 heavy (non-hydrogen) atoms. The first-order valence-electron chi connectivity index (χ1n) is 2.34. The van der Waals surface area contributed by atoms with Crippen LogP contribution in [0.25, 0.3) is 0 Å². The van der Waals surface area contributed by atoms with E-state index in [4.69, 9.17) is 5.11 Å². The van der Waals surface area contributed by atoms with Gasteiger partial charge in [-0.1, -0.05) is 15.2 Å². The number of aliphatic hydroxyl groups is 1. The second kappa shape index (κ2) is 9.33. The highest BCUT2D eigenvalue weighted by Crippen LogP contribution is 2.49. The van der Waals surface area contributed by atoms with Crippen LogP contribution in [0.4, 0.5) is 0 Å². The molecule has 0 saturated heterocycles. The molecule has 13 heteroatoms. The van der Waals surface area contributed by atoms with E-state index in [9.17, 15) is 28.7 Å². The number of hydrogen-bond acceptors (Lipinski definition) is 7. The van der Waals surface area contributed by atoms with Crippen LogP contribution in [0.5, 0.6) is 0 Å². The zero-order chi connectivity index (χ0) is 9.28. The second-order valence-corrected chi connectivity index (χ2v) is 5.56. The van der Waals surface area contributed by atoms with Crippen molar-refractivity contribution in [2.45, 2.75) is 5.40 Å². The van der Waals surface area contributed by atoms with Crippen LogP contribution >= 0.6 is 15.2 Å². The van der Waals surface area contributed by atoms with E-state index in [2.05, 4.69) is 0 Å². The summed E-state index contributed by atoms with van der Waals surface area (Å²) in [6.07, 6.45) is 0. The molecule has 0 unspecified atom stereocenters. The van der Waals surface area contributed by atoms with Crippen LogP contribution in [0.3, 0.4) is 0 Å². The summed E-state index contributed by atoms with van der Waals surface area (Å²) >= 11 is 0. The molecule has 0 saturated carbocycles. The minimum atomic E-state index is -5.54. The number of rotatable bonds is 3. The zero-order valence-electron chi connectivity index (χ0n) is 9.08. The highest BCUT2D eigenvalue weighted by molar-refractivity contribution is 7.68. The maximum atomic E-state index is 9.95. The van der Waals surface area contributed by atoms with E-state index >= 15 is 0 Å². The maximum absolute atomic E-state index is 9.95. The molecule has 0 aliphatic carbocycles. The normalized spacial score (nSPS) is 10.3. The quantitative estimate of drug-likeness (QED) is 0.348. The van der Waals surface area contributed by atoms with Gasteiger partial charge < -0.3 is 58.4 Å². The minimum absolute atomic E-state index is 0. The Bertz CT molecular complexity index is 201. The largest absolute Gasteiger partial charge is 0.810 e. The van der Waals surface area contributed by atoms with Gasteiger partial charge in [-0.15, -0.1) is 0 Å². The molecule has 11 nitrogen and oxygen atoms in total. The van der Waals surface area contributed by atoms with Crippen LogP contribution in [0, 0.1) is 0 Å². The van der Waals surface area contributed by atoms with E-state index in [0.717, 1.165) is 0 Å². The van der Waals surface area contributed by atoms with Gasteiger partial charge in [-0.25, -0.2) is 0 Å². The van der Waals surface area contributed by atoms with Crippen molar-refractivity contribution in [3.05, 3.63) is 0 Å². The lowest BCUT2D eigenvalue weighted by molar-refractivity contribution is -0.330. The van der Waals surface area contributed by atoms with Gasteiger partial charge in [-0.3, -0.25) is 0 Å². The number of aliphatic hydroxyl groups excluding tert-OH is 1. The standard InChI is InChI=1S/C2H8O7P2.4H3N/c3-1-2(10(4,5)6)11(7,8)9;;;;/h2-3H,1H2,(H2,4,5,6)(H2,7,8,9);4*1H3. The molecular formula is C2H20N4O7P2. The van der Waals surface area contributed by atoms with E-state index in [1.54, 1.807) is 0 Å². The molecule has 0 heterocycles. The minimum Gasteiger partial charge on any atom is -0.810 e. The summed E-state index contributed by atoms with van der Waals surface area (Å²) in [6, 6.07) is 0. The predicted octanol–water partition coefficient (Wildman–Crippen LogP) is -2.36. The molecule has 0 fully saturated rings. The molecule has 0 aromatic heterocycles. The average molecular weight is 274 g/mol. The molecule has 0 bridgehead atoms. The predicted molar refractivity (Wildman–Crippen MR) is 50.0 cm³/mol. The van der Waals surface area contributed by atoms with Crippen LogP contribution in [-0.2, 0) is 9.13 Å². The van der Waals surface area contributed by atoms with Crippen LogP contribution in [-0.4, -0.2) is 17.1 Å². The van der Waals surface area contributed by atoms with Gasteiger partial charge in [0.25, 0.3) is 0 Å². The third-order valence-electron chi connectivity index (χ3n) is 0.893. The summed E-state index contributed by atoms with van der Waals surface area (Å²) in [5, 5.41) is 5.31. The van der Waals surface area contributed by atoms with Gasteiger partial charge in [-0.05, 0) is 0 Å². The zero-order valence-corrected chi connectivity index (χ0v) is 10.9. The van der Waals surface area contributed by atoms with Crippen molar-refractivity contribution < 1.29 is 33.8 Å². The van der Waals surface area contributed by atoms with Crippen molar-refractivity contribution in [3.63, 3.8) is 0 Å². The molecule has 0 amide bonds. The Labute approximate surface area is 86.5 Å². The molecule has 17 N–H and O–H groups in total. The Balaban J connectivity index is -0.0000000833. The van der Waals surface area contributed by atoms with E-state index in [-0.39, 0.29) is 24.6 Å². The third kappa shape index (κ3) is 10.4. The summed E-state index contributed by atoms with van der Waals surface area (Å²) in [5.41, 5.74) is 0. The van der Waals surface area contributed by atoms with Crippen molar-refractivity contribution in [2.24, 2.45) is 0 Å². The van der Waals surface area contributed by atoms with Crippen molar-refractivity contribution in [1.29, 1.82) is 0 Å². The first-order chi connectivity index (χ1) is 4.69. The fourth-order valence-corrected chi connectivity index (χ4v) is 2.16. The SMILES string of the molecule is O=P([O-])([O-])C(CO)P(=O)([O-])[O-].[NH4+].[NH4+].[NH4+].[NH4+]. The van der Waals surface area contributed by atoms with Crippen molar-refractivity contribution in [1.82, 2.24) is 24.6 Å². The Kier molecular flexibility index (Phi) is 18.3. The molecule has 0 aliphatic rings. The van der Waals surface area contributed by atoms with E-state index in [1.807, 2.05) is 0 Å². The highest BCUT2D eigenvalue weighted by atomic mass is 31.2. The average Bonchev–Trinajstić information content (AvgIpc) is 1.56. The molecular weight excluding hydrogens is 254 g/mol. The van der Waals surface area contributed by atoms with Crippen LogP contribution < -0.4 is 44.2 Å². The molecule has 0 spiro atoms. The molecule has 0 aromatic rings. The number of hydrogen-bond donors (Lipinski definition) is 5. The van der Waals surface area contributed by atoms with Crippen molar-refractivity contribution in [2.75, 3.05) is 6.61 Å². The lowest BCUT2D eigenvalue weighted by Gasteiger charge is -2.48. The topological polar surface area (TPSA) is 293 Å². The first-order valence-corrected chi connectivity index (χ1v) is 5.56. The Morgan fingerprint density at radius 1 is 0.867 bits per heavy atom. The summed E-state index contributed by atoms with van der Waals surface area (Å²) < 4.78 is 19.9. The van der Waals surface area contributed by atoms with Crippen molar-refractivity contribution >= 4 is 15.2 Å². The summed E-state index contributed by atoms with van der Waals surface area (Å²) in [4.78, 5) is 39.8. The Morgan fingerprint density at radius 2 is 1.07 bits per heavy atom. The van der Waals surface area contributed by atoms with Gasteiger partial charge >= 0.3 is 0 Å².